The monoisotopic (exact) mass is 569 g/mol. The van der Waals surface area contributed by atoms with Gasteiger partial charge in [-0.3, -0.25) is 9.69 Å². The van der Waals surface area contributed by atoms with Crippen molar-refractivity contribution < 1.29 is 23.5 Å². The van der Waals surface area contributed by atoms with Crippen molar-refractivity contribution >= 4 is 34.7 Å². The Labute approximate surface area is 247 Å². The summed E-state index contributed by atoms with van der Waals surface area (Å²) in [5.74, 6) is 0.196. The van der Waals surface area contributed by atoms with Crippen molar-refractivity contribution in [1.82, 2.24) is 4.98 Å². The molecule has 1 saturated carbocycles. The predicted molar refractivity (Wildman–Crippen MR) is 164 cm³/mol. The molecule has 8 heteroatoms. The van der Waals surface area contributed by atoms with E-state index >= 15 is 0 Å². The maximum Gasteiger partial charge on any atom is 0.329 e. The second-order valence-electron chi connectivity index (χ2n) is 10.9. The SMILES string of the molecule is COC(=O)C(Cc1ccc(OCCN(C)c2nc3ccccc3o2)cc1)N(C(=O)C1CCCCCC1)c1ccccc1. The highest BCUT2D eigenvalue weighted by atomic mass is 16.5. The minimum absolute atomic E-state index is 0.00140. The molecular weight excluding hydrogens is 530 g/mol. The number of ether oxygens (including phenoxy) is 2. The number of likely N-dealkylation sites (N-methyl/N-ethyl adjacent to an activating group) is 1. The Kier molecular flexibility index (Phi) is 9.74. The standard InChI is InChI=1S/C34H39N3O5/c1-36(34-35-29-16-10-11-17-31(29)42-34)22-23-41-28-20-18-25(19-21-28)24-30(33(39)40-2)37(27-14-8-5-9-15-27)32(38)26-12-6-3-4-7-13-26/h5,8-11,14-21,26,30H,3-4,6-7,12-13,22-24H2,1-2H3. The van der Waals surface area contributed by atoms with Crippen molar-refractivity contribution in [2.24, 2.45) is 5.92 Å². The lowest BCUT2D eigenvalue weighted by Crippen LogP contribution is -2.49. The van der Waals surface area contributed by atoms with E-state index in [1.165, 1.54) is 7.11 Å². The van der Waals surface area contributed by atoms with Gasteiger partial charge in [0.2, 0.25) is 5.91 Å². The van der Waals surface area contributed by atoms with E-state index in [0.717, 1.165) is 55.2 Å². The van der Waals surface area contributed by atoms with Crippen molar-refractivity contribution in [2.45, 2.75) is 51.0 Å². The largest absolute Gasteiger partial charge is 0.492 e. The number of hydrogen-bond donors (Lipinski definition) is 0. The van der Waals surface area contributed by atoms with Gasteiger partial charge >= 0.3 is 5.97 Å². The molecule has 0 aliphatic heterocycles. The van der Waals surface area contributed by atoms with E-state index in [4.69, 9.17) is 13.9 Å². The van der Waals surface area contributed by atoms with Crippen molar-refractivity contribution in [3.8, 4) is 5.75 Å². The minimum atomic E-state index is -0.773. The van der Waals surface area contributed by atoms with Crippen LogP contribution in [0.2, 0.25) is 0 Å². The Morgan fingerprint density at radius 3 is 2.31 bits per heavy atom. The molecule has 1 aromatic heterocycles. The summed E-state index contributed by atoms with van der Waals surface area (Å²) in [7, 11) is 3.29. The van der Waals surface area contributed by atoms with E-state index < -0.39 is 12.0 Å². The number of anilines is 2. The highest BCUT2D eigenvalue weighted by molar-refractivity contribution is 6.00. The summed E-state index contributed by atoms with van der Waals surface area (Å²) in [5.41, 5.74) is 3.20. The average Bonchev–Trinajstić information content (AvgIpc) is 3.28. The Morgan fingerprint density at radius 2 is 1.62 bits per heavy atom. The molecule has 1 heterocycles. The van der Waals surface area contributed by atoms with Gasteiger partial charge in [0, 0.05) is 25.1 Å². The first-order chi connectivity index (χ1) is 20.5. The van der Waals surface area contributed by atoms with Crippen LogP contribution >= 0.6 is 0 Å². The van der Waals surface area contributed by atoms with Gasteiger partial charge in [-0.05, 0) is 54.8 Å². The number of aromatic nitrogens is 1. The summed E-state index contributed by atoms with van der Waals surface area (Å²) in [6, 6.07) is 24.6. The van der Waals surface area contributed by atoms with Gasteiger partial charge in [-0.25, -0.2) is 4.79 Å². The third-order valence-corrected chi connectivity index (χ3v) is 7.92. The Hall–Kier alpha value is -4.33. The fraction of sp³-hybridized carbons (Fsp3) is 0.382. The predicted octanol–water partition coefficient (Wildman–Crippen LogP) is 6.43. The lowest BCUT2D eigenvalue weighted by molar-refractivity contribution is -0.143. The molecule has 0 radical (unpaired) electrons. The summed E-state index contributed by atoms with van der Waals surface area (Å²) in [5, 5.41) is 0. The fourth-order valence-electron chi connectivity index (χ4n) is 5.55. The topological polar surface area (TPSA) is 85.1 Å². The molecule has 0 spiro atoms. The van der Waals surface area contributed by atoms with Gasteiger partial charge in [-0.1, -0.05) is 68.1 Å². The maximum atomic E-state index is 14.0. The van der Waals surface area contributed by atoms with E-state index in [1.807, 2.05) is 90.8 Å². The van der Waals surface area contributed by atoms with Gasteiger partial charge < -0.3 is 18.8 Å². The van der Waals surface area contributed by atoms with Gasteiger partial charge in [-0.15, -0.1) is 0 Å². The molecule has 1 aliphatic rings. The van der Waals surface area contributed by atoms with Crippen LogP contribution < -0.4 is 14.5 Å². The van der Waals surface area contributed by atoms with Crippen LogP contribution in [-0.4, -0.2) is 50.2 Å². The molecule has 3 aromatic carbocycles. The number of para-hydroxylation sites is 3. The van der Waals surface area contributed by atoms with Crippen LogP contribution in [0.15, 0.2) is 83.3 Å². The molecule has 0 saturated heterocycles. The van der Waals surface area contributed by atoms with Gasteiger partial charge in [0.15, 0.2) is 5.58 Å². The first-order valence-electron chi connectivity index (χ1n) is 14.8. The molecule has 1 aliphatic carbocycles. The first-order valence-corrected chi connectivity index (χ1v) is 14.8. The molecule has 4 aromatic rings. The lowest BCUT2D eigenvalue weighted by atomic mass is 9.95. The zero-order valence-electron chi connectivity index (χ0n) is 24.4. The molecule has 5 rings (SSSR count). The lowest BCUT2D eigenvalue weighted by Gasteiger charge is -2.33. The Bertz CT molecular complexity index is 1410. The number of hydrogen-bond acceptors (Lipinski definition) is 7. The number of nitrogens with zero attached hydrogens (tertiary/aromatic N) is 3. The smallest absolute Gasteiger partial charge is 0.329 e. The highest BCUT2D eigenvalue weighted by Gasteiger charge is 2.36. The van der Waals surface area contributed by atoms with Gasteiger partial charge in [-0.2, -0.15) is 4.98 Å². The fourth-order valence-corrected chi connectivity index (χ4v) is 5.55. The van der Waals surface area contributed by atoms with E-state index in [1.54, 1.807) is 4.90 Å². The molecule has 0 N–H and O–H groups in total. The van der Waals surface area contributed by atoms with Crippen LogP contribution in [0.3, 0.4) is 0 Å². The summed E-state index contributed by atoms with van der Waals surface area (Å²) in [6.07, 6.45) is 6.41. The quantitative estimate of drug-likeness (QED) is 0.152. The van der Waals surface area contributed by atoms with Crippen LogP contribution in [0, 0.1) is 5.92 Å². The highest BCUT2D eigenvalue weighted by Crippen LogP contribution is 2.30. The van der Waals surface area contributed by atoms with Crippen LogP contribution in [0.4, 0.5) is 11.7 Å². The van der Waals surface area contributed by atoms with Crippen LogP contribution in [0.1, 0.15) is 44.1 Å². The van der Waals surface area contributed by atoms with Crippen LogP contribution in [-0.2, 0) is 20.7 Å². The first kappa shape index (κ1) is 29.2. The second kappa shape index (κ2) is 14.0. The number of carbonyl (C=O) groups is 2. The molecule has 1 amide bonds. The van der Waals surface area contributed by atoms with E-state index in [0.29, 0.717) is 37.0 Å². The summed E-state index contributed by atoms with van der Waals surface area (Å²) < 4.78 is 17.0. The van der Waals surface area contributed by atoms with Crippen LogP contribution in [0.5, 0.6) is 5.75 Å². The normalized spacial score (nSPS) is 14.6. The molecule has 0 bridgehead atoms. The van der Waals surface area contributed by atoms with Crippen molar-refractivity contribution in [3.05, 3.63) is 84.4 Å². The third-order valence-electron chi connectivity index (χ3n) is 7.92. The third kappa shape index (κ3) is 7.11. The zero-order valence-corrected chi connectivity index (χ0v) is 24.4. The van der Waals surface area contributed by atoms with E-state index in [-0.39, 0.29) is 11.8 Å². The van der Waals surface area contributed by atoms with Crippen LogP contribution in [0.25, 0.3) is 11.1 Å². The van der Waals surface area contributed by atoms with Gasteiger partial charge in [0.05, 0.1) is 13.7 Å². The molecule has 1 fully saturated rings. The maximum absolute atomic E-state index is 14.0. The minimum Gasteiger partial charge on any atom is -0.492 e. The number of carbonyl (C=O) groups excluding carboxylic acids is 2. The number of esters is 1. The molecule has 8 nitrogen and oxygen atoms in total. The number of amides is 1. The molecular formula is C34H39N3O5. The summed E-state index contributed by atoms with van der Waals surface area (Å²) in [4.78, 5) is 35.3. The molecule has 1 unspecified atom stereocenters. The van der Waals surface area contributed by atoms with E-state index in [9.17, 15) is 9.59 Å². The Morgan fingerprint density at radius 1 is 0.929 bits per heavy atom. The van der Waals surface area contributed by atoms with Crippen molar-refractivity contribution in [2.75, 3.05) is 37.1 Å². The number of methoxy groups -OCH3 is 1. The number of benzene rings is 3. The van der Waals surface area contributed by atoms with Gasteiger partial charge in [0.25, 0.3) is 6.01 Å². The Balaban J connectivity index is 1.25. The number of rotatable bonds is 11. The second-order valence-corrected chi connectivity index (χ2v) is 10.9. The van der Waals surface area contributed by atoms with Crippen molar-refractivity contribution in [3.63, 3.8) is 0 Å². The zero-order chi connectivity index (χ0) is 29.3. The summed E-state index contributed by atoms with van der Waals surface area (Å²) >= 11 is 0. The van der Waals surface area contributed by atoms with E-state index in [2.05, 4.69) is 4.98 Å². The molecule has 220 valence electrons. The average molecular weight is 570 g/mol. The number of fused-ring (bicyclic) bond motifs is 1. The summed E-state index contributed by atoms with van der Waals surface area (Å²) in [6.45, 7) is 1.03. The number of oxazole rings is 1. The van der Waals surface area contributed by atoms with Crippen molar-refractivity contribution in [1.29, 1.82) is 0 Å². The molecule has 42 heavy (non-hydrogen) atoms. The van der Waals surface area contributed by atoms with Gasteiger partial charge in [0.1, 0.15) is 23.9 Å². The molecule has 1 atom stereocenters.